The fourth-order valence-corrected chi connectivity index (χ4v) is 2.18. The molecule has 0 saturated heterocycles. The third-order valence-electron chi connectivity index (χ3n) is 2.98. The summed E-state index contributed by atoms with van der Waals surface area (Å²) in [5.74, 6) is 1.04. The Balaban J connectivity index is 2.31. The zero-order valence-corrected chi connectivity index (χ0v) is 9.93. The molecule has 0 aliphatic heterocycles. The van der Waals surface area contributed by atoms with E-state index in [-0.39, 0.29) is 5.02 Å². The van der Waals surface area contributed by atoms with E-state index in [1.54, 1.807) is 6.07 Å². The Bertz CT molecular complexity index is 397. The summed E-state index contributed by atoms with van der Waals surface area (Å²) in [4.78, 5) is 0. The highest BCUT2D eigenvalue weighted by Crippen LogP contribution is 2.50. The van der Waals surface area contributed by atoms with Crippen molar-refractivity contribution in [1.29, 1.82) is 0 Å². The molecule has 2 N–H and O–H groups in total. The van der Waals surface area contributed by atoms with Crippen LogP contribution in [-0.2, 0) is 0 Å². The van der Waals surface area contributed by atoms with Crippen molar-refractivity contribution in [1.82, 2.24) is 0 Å². The molecule has 0 unspecified atom stereocenters. The van der Waals surface area contributed by atoms with Gasteiger partial charge in [0.15, 0.2) is 0 Å². The van der Waals surface area contributed by atoms with E-state index in [0.29, 0.717) is 30.7 Å². The number of ether oxygens (including phenoxy) is 1. The minimum Gasteiger partial charge on any atom is -0.493 e. The molecule has 0 heterocycles. The molecule has 1 aliphatic rings. The first-order chi connectivity index (χ1) is 7.67. The van der Waals surface area contributed by atoms with Crippen molar-refractivity contribution in [3.63, 3.8) is 0 Å². The Labute approximate surface area is 99.5 Å². The predicted molar refractivity (Wildman–Crippen MR) is 62.5 cm³/mol. The van der Waals surface area contributed by atoms with Crippen LogP contribution >= 0.6 is 11.6 Å². The Hall–Kier alpha value is -0.800. The maximum absolute atomic E-state index is 13.3. The van der Waals surface area contributed by atoms with Crippen LogP contribution < -0.4 is 10.5 Å². The van der Waals surface area contributed by atoms with E-state index >= 15 is 0 Å². The lowest BCUT2D eigenvalue weighted by atomic mass is 10.1. The second-order valence-electron chi connectivity index (χ2n) is 4.08. The van der Waals surface area contributed by atoms with Gasteiger partial charge in [0.25, 0.3) is 0 Å². The number of benzene rings is 1. The van der Waals surface area contributed by atoms with Crippen molar-refractivity contribution in [2.45, 2.75) is 19.3 Å². The van der Waals surface area contributed by atoms with Crippen LogP contribution in [0.2, 0.25) is 5.02 Å². The lowest BCUT2D eigenvalue weighted by Gasteiger charge is -2.11. The van der Waals surface area contributed by atoms with Crippen molar-refractivity contribution in [3.05, 3.63) is 28.5 Å². The number of hydrogen-bond donors (Lipinski definition) is 1. The van der Waals surface area contributed by atoms with Crippen LogP contribution in [0.3, 0.4) is 0 Å². The molecule has 1 aliphatic carbocycles. The number of nitrogens with two attached hydrogens (primary N) is 1. The van der Waals surface area contributed by atoms with Gasteiger partial charge in [-0.1, -0.05) is 11.6 Å². The van der Waals surface area contributed by atoms with Gasteiger partial charge in [-0.15, -0.1) is 0 Å². The maximum Gasteiger partial charge on any atom is 0.145 e. The average Bonchev–Trinajstić information content (AvgIpc) is 3.02. The molecule has 2 atom stereocenters. The minimum atomic E-state index is -0.432. The summed E-state index contributed by atoms with van der Waals surface area (Å²) in [6.45, 7) is 3.06. The summed E-state index contributed by atoms with van der Waals surface area (Å²) in [6.07, 6.45) is 1.04. The average molecular weight is 244 g/mol. The van der Waals surface area contributed by atoms with E-state index in [0.717, 1.165) is 12.0 Å². The lowest BCUT2D eigenvalue weighted by Crippen LogP contribution is -2.03. The highest BCUT2D eigenvalue weighted by atomic mass is 35.5. The molecule has 2 nitrogen and oxygen atoms in total. The van der Waals surface area contributed by atoms with Crippen molar-refractivity contribution < 1.29 is 9.13 Å². The zero-order valence-electron chi connectivity index (χ0n) is 9.17. The zero-order chi connectivity index (χ0) is 11.7. The first-order valence-corrected chi connectivity index (χ1v) is 5.87. The van der Waals surface area contributed by atoms with Crippen LogP contribution in [0.4, 0.5) is 4.39 Å². The summed E-state index contributed by atoms with van der Waals surface area (Å²) < 4.78 is 18.7. The normalized spacial score (nSPS) is 23.2. The van der Waals surface area contributed by atoms with E-state index in [1.807, 2.05) is 6.92 Å². The first kappa shape index (κ1) is 11.7. The molecule has 16 heavy (non-hydrogen) atoms. The summed E-state index contributed by atoms with van der Waals surface area (Å²) in [7, 11) is 0. The molecule has 2 rings (SSSR count). The Morgan fingerprint density at radius 1 is 1.56 bits per heavy atom. The molecule has 0 radical (unpaired) electrons. The van der Waals surface area contributed by atoms with Crippen LogP contribution in [0.1, 0.15) is 24.8 Å². The standard InChI is InChI=1S/C12H15ClFNO/c1-2-16-12-5-11(14)10(13)4-9(12)8-3-7(8)6-15/h4-5,7-8H,2-3,6,15H2,1H3/t7-,8+/m0/s1. The third kappa shape index (κ3) is 2.15. The van der Waals surface area contributed by atoms with Gasteiger partial charge in [-0.3, -0.25) is 0 Å². The molecular weight excluding hydrogens is 229 g/mol. The van der Waals surface area contributed by atoms with Crippen molar-refractivity contribution >= 4 is 11.6 Å². The molecule has 1 aromatic rings. The minimum absolute atomic E-state index is 0.154. The fourth-order valence-electron chi connectivity index (χ4n) is 2.00. The Kier molecular flexibility index (Phi) is 3.36. The molecule has 1 fully saturated rings. The Morgan fingerprint density at radius 3 is 2.88 bits per heavy atom. The predicted octanol–water partition coefficient (Wildman–Crippen LogP) is 2.94. The first-order valence-electron chi connectivity index (χ1n) is 5.49. The second-order valence-corrected chi connectivity index (χ2v) is 4.48. The van der Waals surface area contributed by atoms with Gasteiger partial charge in [0.1, 0.15) is 11.6 Å². The molecule has 1 saturated carbocycles. The van der Waals surface area contributed by atoms with Crippen molar-refractivity contribution in [2.24, 2.45) is 11.7 Å². The van der Waals surface area contributed by atoms with E-state index in [2.05, 4.69) is 0 Å². The molecule has 0 bridgehead atoms. The van der Waals surface area contributed by atoms with Crippen LogP contribution in [0.25, 0.3) is 0 Å². The van der Waals surface area contributed by atoms with Crippen LogP contribution in [0, 0.1) is 11.7 Å². The van der Waals surface area contributed by atoms with Crippen molar-refractivity contribution in [3.8, 4) is 5.75 Å². The summed E-state index contributed by atoms with van der Waals surface area (Å²) in [5, 5.41) is 0.154. The number of rotatable bonds is 4. The molecule has 1 aromatic carbocycles. The van der Waals surface area contributed by atoms with E-state index in [9.17, 15) is 4.39 Å². The largest absolute Gasteiger partial charge is 0.493 e. The van der Waals surface area contributed by atoms with Gasteiger partial charge >= 0.3 is 0 Å². The van der Waals surface area contributed by atoms with Gasteiger partial charge < -0.3 is 10.5 Å². The van der Waals surface area contributed by atoms with Crippen LogP contribution in [0.5, 0.6) is 5.75 Å². The quantitative estimate of drug-likeness (QED) is 0.883. The second kappa shape index (κ2) is 4.60. The van der Waals surface area contributed by atoms with Gasteiger partial charge in [0.05, 0.1) is 11.6 Å². The van der Waals surface area contributed by atoms with E-state index < -0.39 is 5.82 Å². The summed E-state index contributed by atoms with van der Waals surface area (Å²) in [6, 6.07) is 3.04. The highest BCUT2D eigenvalue weighted by molar-refractivity contribution is 6.30. The molecule has 0 spiro atoms. The van der Waals surface area contributed by atoms with Gasteiger partial charge in [0.2, 0.25) is 0 Å². The third-order valence-corrected chi connectivity index (χ3v) is 3.27. The van der Waals surface area contributed by atoms with Gasteiger partial charge in [-0.2, -0.15) is 0 Å². The van der Waals surface area contributed by atoms with Crippen LogP contribution in [-0.4, -0.2) is 13.2 Å². The monoisotopic (exact) mass is 243 g/mol. The maximum atomic E-state index is 13.3. The number of hydrogen-bond acceptors (Lipinski definition) is 2. The summed E-state index contributed by atoms with van der Waals surface area (Å²) >= 11 is 5.79. The van der Waals surface area contributed by atoms with E-state index in [1.165, 1.54) is 6.07 Å². The molecule has 88 valence electrons. The summed E-state index contributed by atoms with van der Waals surface area (Å²) in [5.41, 5.74) is 6.60. The van der Waals surface area contributed by atoms with Gasteiger partial charge in [-0.25, -0.2) is 4.39 Å². The molecule has 0 amide bonds. The topological polar surface area (TPSA) is 35.2 Å². The molecule has 0 aromatic heterocycles. The van der Waals surface area contributed by atoms with Crippen molar-refractivity contribution in [2.75, 3.05) is 13.2 Å². The number of halogens is 2. The smallest absolute Gasteiger partial charge is 0.145 e. The SMILES string of the molecule is CCOc1cc(F)c(Cl)cc1[C@@H]1C[C@H]1CN. The lowest BCUT2D eigenvalue weighted by molar-refractivity contribution is 0.334. The van der Waals surface area contributed by atoms with Gasteiger partial charge in [-0.05, 0) is 43.4 Å². The fraction of sp³-hybridized carbons (Fsp3) is 0.500. The van der Waals surface area contributed by atoms with E-state index in [4.69, 9.17) is 22.1 Å². The highest BCUT2D eigenvalue weighted by Gasteiger charge is 2.39. The van der Waals surface area contributed by atoms with Crippen LogP contribution in [0.15, 0.2) is 12.1 Å². The van der Waals surface area contributed by atoms with Gasteiger partial charge in [0, 0.05) is 6.07 Å². The molecule has 4 heteroatoms. The Morgan fingerprint density at radius 2 is 2.31 bits per heavy atom. The molecular formula is C12H15ClFNO.